The number of hydrogen-bond acceptors (Lipinski definition) is 4. The van der Waals surface area contributed by atoms with Crippen LogP contribution in [0, 0.1) is 3.95 Å². The Morgan fingerprint density at radius 1 is 1.57 bits per heavy atom. The molecule has 0 spiro atoms. The molecule has 1 heterocycles. The number of rotatable bonds is 3. The monoisotopic (exact) mass is 229 g/mol. The Morgan fingerprint density at radius 2 is 2.29 bits per heavy atom. The number of H-pyrrole nitrogens is 1. The first-order valence-electron chi connectivity index (χ1n) is 5.13. The molecule has 3 nitrogen and oxygen atoms in total. The summed E-state index contributed by atoms with van der Waals surface area (Å²) in [4.78, 5) is 2.38. The molecular weight excluding hydrogens is 214 g/mol. The lowest BCUT2D eigenvalue weighted by Gasteiger charge is -2.26. The normalized spacial score (nSPS) is 17.5. The summed E-state index contributed by atoms with van der Waals surface area (Å²) in [5.74, 6) is 0. The van der Waals surface area contributed by atoms with Gasteiger partial charge in [-0.25, -0.2) is 0 Å². The molecule has 1 aliphatic carbocycles. The second-order valence-corrected chi connectivity index (χ2v) is 5.26. The van der Waals surface area contributed by atoms with Gasteiger partial charge in [0.2, 0.25) is 5.13 Å². The molecule has 0 atom stereocenters. The number of anilines is 1. The molecule has 1 aromatic heterocycles. The van der Waals surface area contributed by atoms with Crippen LogP contribution in [0.5, 0.6) is 0 Å². The third kappa shape index (κ3) is 1.98. The zero-order chi connectivity index (χ0) is 9.97. The van der Waals surface area contributed by atoms with Crippen LogP contribution >= 0.6 is 23.6 Å². The van der Waals surface area contributed by atoms with E-state index in [1.807, 2.05) is 0 Å². The number of nitrogens with one attached hydrogen (secondary N) is 1. The van der Waals surface area contributed by atoms with Crippen LogP contribution in [0.2, 0.25) is 0 Å². The zero-order valence-electron chi connectivity index (χ0n) is 8.32. The minimum atomic E-state index is 0.689. The molecular formula is C9H15N3S2. The minimum Gasteiger partial charge on any atom is -0.344 e. The summed E-state index contributed by atoms with van der Waals surface area (Å²) in [6.07, 6.45) is 5.33. The molecule has 0 aromatic carbocycles. The Hall–Kier alpha value is -0.420. The first-order valence-corrected chi connectivity index (χ1v) is 6.36. The molecule has 0 radical (unpaired) electrons. The Morgan fingerprint density at radius 3 is 2.79 bits per heavy atom. The summed E-state index contributed by atoms with van der Waals surface area (Å²) in [6.45, 7) is 3.21. The highest BCUT2D eigenvalue weighted by Crippen LogP contribution is 2.28. The van der Waals surface area contributed by atoms with Crippen LogP contribution in [0.25, 0.3) is 0 Å². The van der Waals surface area contributed by atoms with Gasteiger partial charge < -0.3 is 4.90 Å². The van der Waals surface area contributed by atoms with Crippen LogP contribution < -0.4 is 4.90 Å². The molecule has 0 unspecified atom stereocenters. The Labute approximate surface area is 93.1 Å². The van der Waals surface area contributed by atoms with Gasteiger partial charge in [-0.2, -0.15) is 0 Å². The number of hydrogen-bond donors (Lipinski definition) is 1. The molecule has 5 heteroatoms. The smallest absolute Gasteiger partial charge is 0.207 e. The molecule has 1 saturated carbocycles. The van der Waals surface area contributed by atoms with E-state index in [2.05, 4.69) is 22.0 Å². The zero-order valence-corrected chi connectivity index (χ0v) is 9.96. The molecule has 1 aliphatic rings. The number of nitrogens with zero attached hydrogens (tertiary/aromatic N) is 2. The number of aromatic nitrogens is 2. The van der Waals surface area contributed by atoms with Gasteiger partial charge in [-0.3, -0.25) is 5.10 Å². The van der Waals surface area contributed by atoms with E-state index in [-0.39, 0.29) is 0 Å². The summed E-state index contributed by atoms with van der Waals surface area (Å²) < 4.78 is 0.774. The Bertz CT molecular complexity index is 338. The fourth-order valence-corrected chi connectivity index (χ4v) is 3.12. The second-order valence-electron chi connectivity index (χ2n) is 3.62. The van der Waals surface area contributed by atoms with Gasteiger partial charge >= 0.3 is 0 Å². The third-order valence-electron chi connectivity index (χ3n) is 2.78. The predicted molar refractivity (Wildman–Crippen MR) is 62.6 cm³/mol. The molecule has 78 valence electrons. The SMILES string of the molecule is CCN(c1n[nH]c(=S)s1)C1CCCC1. The second kappa shape index (κ2) is 4.40. The van der Waals surface area contributed by atoms with E-state index in [0.717, 1.165) is 15.6 Å². The maximum Gasteiger partial charge on any atom is 0.207 e. The lowest BCUT2D eigenvalue weighted by molar-refractivity contribution is 0.616. The maximum atomic E-state index is 5.05. The summed E-state index contributed by atoms with van der Waals surface area (Å²) in [7, 11) is 0. The Balaban J connectivity index is 2.16. The third-order valence-corrected chi connectivity index (χ3v) is 3.91. The van der Waals surface area contributed by atoms with E-state index < -0.39 is 0 Å². The first kappa shape index (κ1) is 10.1. The van der Waals surface area contributed by atoms with Crippen molar-refractivity contribution < 1.29 is 0 Å². The highest BCUT2D eigenvalue weighted by atomic mass is 32.1. The van der Waals surface area contributed by atoms with Gasteiger partial charge in [-0.05, 0) is 32.0 Å². The number of aromatic amines is 1. The molecule has 14 heavy (non-hydrogen) atoms. The van der Waals surface area contributed by atoms with E-state index >= 15 is 0 Å². The lowest BCUT2D eigenvalue weighted by atomic mass is 10.2. The summed E-state index contributed by atoms with van der Waals surface area (Å²) >= 11 is 6.63. The maximum absolute atomic E-state index is 5.05. The van der Waals surface area contributed by atoms with Crippen LogP contribution in [0.4, 0.5) is 5.13 Å². The summed E-state index contributed by atoms with van der Waals surface area (Å²) in [5, 5.41) is 8.15. The van der Waals surface area contributed by atoms with E-state index in [1.165, 1.54) is 25.7 Å². The molecule has 0 amide bonds. The van der Waals surface area contributed by atoms with Crippen LogP contribution in [-0.4, -0.2) is 22.8 Å². The van der Waals surface area contributed by atoms with Crippen molar-refractivity contribution in [2.24, 2.45) is 0 Å². The fourth-order valence-electron chi connectivity index (χ4n) is 2.11. The average molecular weight is 229 g/mol. The van der Waals surface area contributed by atoms with E-state index in [4.69, 9.17) is 12.2 Å². The highest BCUT2D eigenvalue weighted by molar-refractivity contribution is 7.73. The van der Waals surface area contributed by atoms with Crippen molar-refractivity contribution in [3.63, 3.8) is 0 Å². The largest absolute Gasteiger partial charge is 0.344 e. The summed E-state index contributed by atoms with van der Waals surface area (Å²) in [6, 6.07) is 0.689. The van der Waals surface area contributed by atoms with Crippen molar-refractivity contribution in [1.82, 2.24) is 10.2 Å². The van der Waals surface area contributed by atoms with E-state index in [1.54, 1.807) is 11.3 Å². The first-order chi connectivity index (χ1) is 6.81. The lowest BCUT2D eigenvalue weighted by Crippen LogP contribution is -2.32. The molecule has 0 aliphatic heterocycles. The van der Waals surface area contributed by atoms with Crippen LogP contribution in [-0.2, 0) is 0 Å². The van der Waals surface area contributed by atoms with Crippen LogP contribution in [0.15, 0.2) is 0 Å². The molecule has 1 aromatic rings. The van der Waals surface area contributed by atoms with E-state index in [9.17, 15) is 0 Å². The van der Waals surface area contributed by atoms with Gasteiger partial charge in [0, 0.05) is 12.6 Å². The van der Waals surface area contributed by atoms with Crippen molar-refractivity contribution in [1.29, 1.82) is 0 Å². The fraction of sp³-hybridized carbons (Fsp3) is 0.778. The molecule has 0 saturated heterocycles. The molecule has 1 fully saturated rings. The van der Waals surface area contributed by atoms with E-state index in [0.29, 0.717) is 6.04 Å². The van der Waals surface area contributed by atoms with Gasteiger partial charge in [0.25, 0.3) is 0 Å². The van der Waals surface area contributed by atoms with Crippen LogP contribution in [0.1, 0.15) is 32.6 Å². The van der Waals surface area contributed by atoms with Crippen molar-refractivity contribution in [2.45, 2.75) is 38.6 Å². The van der Waals surface area contributed by atoms with Gasteiger partial charge in [-0.1, -0.05) is 24.2 Å². The van der Waals surface area contributed by atoms with Gasteiger partial charge in [0.05, 0.1) is 0 Å². The van der Waals surface area contributed by atoms with Crippen molar-refractivity contribution in [3.05, 3.63) is 3.95 Å². The molecule has 0 bridgehead atoms. The molecule has 1 N–H and O–H groups in total. The predicted octanol–water partition coefficient (Wildman–Crippen LogP) is 2.97. The minimum absolute atomic E-state index is 0.689. The Kier molecular flexibility index (Phi) is 3.18. The topological polar surface area (TPSA) is 31.9 Å². The van der Waals surface area contributed by atoms with Gasteiger partial charge in [0.15, 0.2) is 3.95 Å². The van der Waals surface area contributed by atoms with Crippen molar-refractivity contribution in [3.8, 4) is 0 Å². The molecule has 2 rings (SSSR count). The summed E-state index contributed by atoms with van der Waals surface area (Å²) in [5.41, 5.74) is 0. The van der Waals surface area contributed by atoms with Crippen molar-refractivity contribution >= 4 is 28.7 Å². The quantitative estimate of drug-likeness (QED) is 0.809. The standard InChI is InChI=1S/C9H15N3S2/c1-2-12(7-5-3-4-6-7)8-10-11-9(13)14-8/h7H,2-6H2,1H3,(H,11,13). The van der Waals surface area contributed by atoms with Crippen molar-refractivity contribution in [2.75, 3.05) is 11.4 Å². The van der Waals surface area contributed by atoms with Gasteiger partial charge in [-0.15, -0.1) is 5.10 Å². The average Bonchev–Trinajstić information content (AvgIpc) is 2.79. The van der Waals surface area contributed by atoms with Gasteiger partial charge in [0.1, 0.15) is 0 Å². The van der Waals surface area contributed by atoms with Crippen LogP contribution in [0.3, 0.4) is 0 Å². The highest BCUT2D eigenvalue weighted by Gasteiger charge is 2.23.